The van der Waals surface area contributed by atoms with Crippen molar-refractivity contribution in [2.45, 2.75) is 51.6 Å². The van der Waals surface area contributed by atoms with E-state index in [2.05, 4.69) is 45.5 Å². The Morgan fingerprint density at radius 1 is 1.42 bits per heavy atom. The predicted octanol–water partition coefficient (Wildman–Crippen LogP) is 3.85. The Kier molecular flexibility index (Phi) is 3.87. The van der Waals surface area contributed by atoms with Gasteiger partial charge in [0.1, 0.15) is 0 Å². The van der Waals surface area contributed by atoms with Crippen LogP contribution in [0.15, 0.2) is 23.7 Å². The molecule has 3 nitrogen and oxygen atoms in total. The lowest BCUT2D eigenvalue weighted by Crippen LogP contribution is -2.18. The van der Waals surface area contributed by atoms with E-state index in [9.17, 15) is 0 Å². The van der Waals surface area contributed by atoms with Gasteiger partial charge in [-0.1, -0.05) is 18.9 Å². The van der Waals surface area contributed by atoms with Gasteiger partial charge in [0.15, 0.2) is 0 Å². The number of hydrogen-bond acceptors (Lipinski definition) is 3. The summed E-state index contributed by atoms with van der Waals surface area (Å²) < 4.78 is 2.27. The van der Waals surface area contributed by atoms with Gasteiger partial charge in [0.05, 0.1) is 5.69 Å². The number of rotatable bonds is 5. The van der Waals surface area contributed by atoms with Crippen molar-refractivity contribution in [1.82, 2.24) is 9.55 Å². The zero-order valence-electron chi connectivity index (χ0n) is 11.4. The molecule has 1 aliphatic carbocycles. The molecule has 19 heavy (non-hydrogen) atoms. The topological polar surface area (TPSA) is 29.9 Å². The van der Waals surface area contributed by atoms with Crippen LogP contribution >= 0.6 is 11.3 Å². The van der Waals surface area contributed by atoms with Gasteiger partial charge in [0.25, 0.3) is 0 Å². The molecular weight excluding hydrogens is 254 g/mol. The van der Waals surface area contributed by atoms with Crippen molar-refractivity contribution in [2.24, 2.45) is 0 Å². The maximum Gasteiger partial charge on any atom is 0.203 e. The second kappa shape index (κ2) is 5.78. The highest BCUT2D eigenvalue weighted by Crippen LogP contribution is 2.22. The van der Waals surface area contributed by atoms with Crippen LogP contribution in [-0.4, -0.2) is 15.6 Å². The van der Waals surface area contributed by atoms with E-state index in [1.165, 1.54) is 30.6 Å². The molecule has 4 heteroatoms. The van der Waals surface area contributed by atoms with E-state index in [-0.39, 0.29) is 0 Å². The third-order valence-corrected chi connectivity index (χ3v) is 4.70. The maximum absolute atomic E-state index is 4.63. The van der Waals surface area contributed by atoms with Crippen LogP contribution < -0.4 is 5.32 Å². The average Bonchev–Trinajstić information content (AvgIpc) is 3.10. The van der Waals surface area contributed by atoms with Gasteiger partial charge in [-0.2, -0.15) is 0 Å². The molecule has 102 valence electrons. The van der Waals surface area contributed by atoms with Crippen LogP contribution in [0.1, 0.15) is 36.3 Å². The molecule has 3 rings (SSSR count). The number of nitrogens with one attached hydrogen (secondary N) is 1. The lowest BCUT2D eigenvalue weighted by Gasteiger charge is -2.14. The predicted molar refractivity (Wildman–Crippen MR) is 80.9 cm³/mol. The normalized spacial score (nSPS) is 16.1. The van der Waals surface area contributed by atoms with E-state index in [1.54, 1.807) is 0 Å². The first-order valence-electron chi connectivity index (χ1n) is 7.14. The highest BCUT2D eigenvalue weighted by atomic mass is 32.1. The lowest BCUT2D eigenvalue weighted by molar-refractivity contribution is 0.677. The summed E-state index contributed by atoms with van der Waals surface area (Å²) in [7, 11) is 0. The fraction of sp³-hybridized carbons (Fsp3) is 0.533. The van der Waals surface area contributed by atoms with Crippen molar-refractivity contribution in [2.75, 3.05) is 5.32 Å². The number of imidazole rings is 1. The first-order chi connectivity index (χ1) is 9.31. The van der Waals surface area contributed by atoms with Crippen molar-refractivity contribution < 1.29 is 0 Å². The summed E-state index contributed by atoms with van der Waals surface area (Å²) in [6, 6.07) is 4.96. The van der Waals surface area contributed by atoms with E-state index in [1.807, 2.05) is 11.3 Å². The minimum absolute atomic E-state index is 0.627. The third-order valence-electron chi connectivity index (χ3n) is 3.76. The average molecular weight is 275 g/mol. The molecule has 0 atom stereocenters. The van der Waals surface area contributed by atoms with Crippen molar-refractivity contribution in [1.29, 1.82) is 0 Å². The molecule has 2 heterocycles. The van der Waals surface area contributed by atoms with Crippen LogP contribution in [0.3, 0.4) is 0 Å². The molecule has 2 aromatic heterocycles. The minimum Gasteiger partial charge on any atom is -0.353 e. The van der Waals surface area contributed by atoms with Crippen LogP contribution in [0.4, 0.5) is 5.95 Å². The molecule has 0 saturated heterocycles. The van der Waals surface area contributed by atoms with Crippen molar-refractivity contribution in [3.05, 3.63) is 34.3 Å². The molecule has 1 aliphatic rings. The number of aromatic nitrogens is 2. The second-order valence-electron chi connectivity index (χ2n) is 5.35. The molecular formula is C15H21N3S. The fourth-order valence-electron chi connectivity index (χ4n) is 2.77. The Morgan fingerprint density at radius 2 is 2.26 bits per heavy atom. The molecule has 0 bridgehead atoms. The van der Waals surface area contributed by atoms with Gasteiger partial charge < -0.3 is 9.88 Å². The number of nitrogens with zero attached hydrogens (tertiary/aromatic N) is 2. The van der Waals surface area contributed by atoms with Crippen LogP contribution in [0, 0.1) is 6.92 Å². The van der Waals surface area contributed by atoms with Crippen molar-refractivity contribution in [3.8, 4) is 0 Å². The quantitative estimate of drug-likeness (QED) is 0.898. The van der Waals surface area contributed by atoms with Crippen molar-refractivity contribution >= 4 is 17.3 Å². The highest BCUT2D eigenvalue weighted by Gasteiger charge is 2.17. The Bertz CT molecular complexity index is 509. The molecule has 1 fully saturated rings. The van der Waals surface area contributed by atoms with E-state index in [0.717, 1.165) is 24.6 Å². The molecule has 0 radical (unpaired) electrons. The van der Waals surface area contributed by atoms with Gasteiger partial charge in [-0.15, -0.1) is 11.3 Å². The minimum atomic E-state index is 0.627. The first kappa shape index (κ1) is 12.7. The summed E-state index contributed by atoms with van der Waals surface area (Å²) >= 11 is 1.83. The summed E-state index contributed by atoms with van der Waals surface area (Å²) in [4.78, 5) is 6.07. The van der Waals surface area contributed by atoms with Gasteiger partial charge in [0.2, 0.25) is 5.95 Å². The summed E-state index contributed by atoms with van der Waals surface area (Å²) in [6.07, 6.45) is 8.53. The van der Waals surface area contributed by atoms with Crippen molar-refractivity contribution in [3.63, 3.8) is 0 Å². The van der Waals surface area contributed by atoms with Crippen LogP contribution in [0.2, 0.25) is 0 Å². The van der Waals surface area contributed by atoms with Gasteiger partial charge in [0, 0.05) is 23.7 Å². The van der Waals surface area contributed by atoms with E-state index >= 15 is 0 Å². The molecule has 2 aromatic rings. The monoisotopic (exact) mass is 275 g/mol. The smallest absolute Gasteiger partial charge is 0.203 e. The largest absolute Gasteiger partial charge is 0.353 e. The zero-order chi connectivity index (χ0) is 13.1. The Morgan fingerprint density at radius 3 is 3.00 bits per heavy atom. The van der Waals surface area contributed by atoms with Gasteiger partial charge in [-0.3, -0.25) is 0 Å². The van der Waals surface area contributed by atoms with E-state index in [4.69, 9.17) is 0 Å². The van der Waals surface area contributed by atoms with Crippen LogP contribution in [0.5, 0.6) is 0 Å². The Labute approximate surface area is 118 Å². The fourth-order valence-corrected chi connectivity index (χ4v) is 3.47. The summed E-state index contributed by atoms with van der Waals surface area (Å²) in [5.74, 6) is 1.06. The van der Waals surface area contributed by atoms with Crippen LogP contribution in [0.25, 0.3) is 0 Å². The lowest BCUT2D eigenvalue weighted by atomic mass is 10.2. The zero-order valence-corrected chi connectivity index (χ0v) is 12.2. The molecule has 0 spiro atoms. The number of aryl methyl sites for hydroxylation is 3. The summed E-state index contributed by atoms with van der Waals surface area (Å²) in [5.41, 5.74) is 1.10. The molecule has 0 aromatic carbocycles. The molecule has 0 aliphatic heterocycles. The van der Waals surface area contributed by atoms with Gasteiger partial charge >= 0.3 is 0 Å². The third kappa shape index (κ3) is 3.18. The number of thiophene rings is 1. The first-order valence-corrected chi connectivity index (χ1v) is 8.02. The van der Waals surface area contributed by atoms with E-state index < -0.39 is 0 Å². The molecule has 1 N–H and O–H groups in total. The summed E-state index contributed by atoms with van der Waals surface area (Å²) in [6.45, 7) is 3.08. The molecule has 1 saturated carbocycles. The Balaban J connectivity index is 1.66. The SMILES string of the molecule is Cc1cn(CCc2cccs2)c(NC2CCCC2)n1. The van der Waals surface area contributed by atoms with Gasteiger partial charge in [-0.25, -0.2) is 4.98 Å². The van der Waals surface area contributed by atoms with Gasteiger partial charge in [-0.05, 0) is 37.6 Å². The molecule has 0 amide bonds. The highest BCUT2D eigenvalue weighted by molar-refractivity contribution is 7.09. The van der Waals surface area contributed by atoms with E-state index in [0.29, 0.717) is 6.04 Å². The number of hydrogen-bond donors (Lipinski definition) is 1. The maximum atomic E-state index is 4.63. The molecule has 0 unspecified atom stereocenters. The second-order valence-corrected chi connectivity index (χ2v) is 6.39. The Hall–Kier alpha value is -1.29. The van der Waals surface area contributed by atoms with Crippen LogP contribution in [-0.2, 0) is 13.0 Å². The summed E-state index contributed by atoms with van der Waals surface area (Å²) in [5, 5.41) is 5.76. The number of anilines is 1. The standard InChI is InChI=1S/C15H21N3S/c1-12-11-18(9-8-14-7-4-10-19-14)15(16-12)17-13-5-2-3-6-13/h4,7,10-11,13H,2-3,5-6,8-9H2,1H3,(H,16,17).